The van der Waals surface area contributed by atoms with E-state index in [0.29, 0.717) is 11.5 Å². The molecule has 2 amide bonds. The first-order valence-electron chi connectivity index (χ1n) is 8.33. The van der Waals surface area contributed by atoms with Gasteiger partial charge in [-0.3, -0.25) is 9.59 Å². The average Bonchev–Trinajstić information content (AvgIpc) is 3.18. The topological polar surface area (TPSA) is 68.2 Å². The number of imide groups is 1. The van der Waals surface area contributed by atoms with Crippen molar-refractivity contribution in [3.63, 3.8) is 0 Å². The highest BCUT2D eigenvalue weighted by Gasteiger charge is 2.56. The highest BCUT2D eigenvalue weighted by atomic mass is 79.9. The number of hydrogen-bond acceptors (Lipinski definition) is 5. The molecule has 6 nitrogen and oxygen atoms in total. The van der Waals surface area contributed by atoms with Crippen molar-refractivity contribution in [3.8, 4) is 11.5 Å². The standard InChI is InChI=1S/C18H15BrN2O4/c19-12-6-14-13(24-8-25-14)5-11(12)7-20-21-17(22)15-9-1-2-10(4-3-9)16(15)18(21)23/h1-2,5-7,9-10,15-16H,3-4,8H2/b20-7-/t9-,10-,15-,16-/m1/s1. The monoisotopic (exact) mass is 402 g/mol. The summed E-state index contributed by atoms with van der Waals surface area (Å²) in [7, 11) is 0. The molecule has 3 aliphatic carbocycles. The summed E-state index contributed by atoms with van der Waals surface area (Å²) in [6, 6.07) is 3.57. The van der Waals surface area contributed by atoms with Gasteiger partial charge in [0.05, 0.1) is 18.1 Å². The molecule has 4 atom stereocenters. The molecule has 0 aromatic heterocycles. The van der Waals surface area contributed by atoms with Crippen LogP contribution in [0, 0.1) is 23.7 Å². The van der Waals surface area contributed by atoms with Crippen molar-refractivity contribution in [2.45, 2.75) is 12.8 Å². The van der Waals surface area contributed by atoms with Crippen molar-refractivity contribution in [2.24, 2.45) is 28.8 Å². The highest BCUT2D eigenvalue weighted by molar-refractivity contribution is 9.10. The second kappa shape index (κ2) is 5.42. The second-order valence-electron chi connectivity index (χ2n) is 6.80. The summed E-state index contributed by atoms with van der Waals surface area (Å²) in [5.74, 6) is 0.782. The van der Waals surface area contributed by atoms with E-state index in [0.717, 1.165) is 27.9 Å². The number of fused-ring (bicyclic) bond motifs is 2. The van der Waals surface area contributed by atoms with Crippen LogP contribution in [-0.2, 0) is 9.59 Å². The van der Waals surface area contributed by atoms with E-state index < -0.39 is 0 Å². The third kappa shape index (κ3) is 2.18. The van der Waals surface area contributed by atoms with E-state index >= 15 is 0 Å². The number of carbonyl (C=O) groups excluding carboxylic acids is 2. The number of nitrogens with zero attached hydrogens (tertiary/aromatic N) is 2. The highest BCUT2D eigenvalue weighted by Crippen LogP contribution is 2.49. The Balaban J connectivity index is 1.44. The van der Waals surface area contributed by atoms with E-state index in [9.17, 15) is 9.59 Å². The van der Waals surface area contributed by atoms with Crippen molar-refractivity contribution in [1.82, 2.24) is 5.01 Å². The molecule has 2 fully saturated rings. The lowest BCUT2D eigenvalue weighted by atomic mass is 9.63. The van der Waals surface area contributed by atoms with Crippen LogP contribution in [0.25, 0.3) is 0 Å². The maximum Gasteiger partial charge on any atom is 0.254 e. The number of allylic oxidation sites excluding steroid dienone is 2. The zero-order valence-corrected chi connectivity index (χ0v) is 14.8. The average molecular weight is 403 g/mol. The quantitative estimate of drug-likeness (QED) is 0.433. The van der Waals surface area contributed by atoms with Gasteiger partial charge < -0.3 is 9.47 Å². The van der Waals surface area contributed by atoms with Gasteiger partial charge in [-0.25, -0.2) is 0 Å². The zero-order chi connectivity index (χ0) is 17.1. The predicted octanol–water partition coefficient (Wildman–Crippen LogP) is 2.71. The number of amides is 2. The molecule has 0 radical (unpaired) electrons. The first-order chi connectivity index (χ1) is 12.1. The van der Waals surface area contributed by atoms with Crippen LogP contribution in [-0.4, -0.2) is 29.8 Å². The lowest BCUT2D eigenvalue weighted by molar-refractivity contribution is -0.140. The van der Waals surface area contributed by atoms with Gasteiger partial charge in [0.15, 0.2) is 11.5 Å². The number of rotatable bonds is 2. The summed E-state index contributed by atoms with van der Waals surface area (Å²) < 4.78 is 11.4. The van der Waals surface area contributed by atoms with Crippen LogP contribution in [0.15, 0.2) is 33.9 Å². The van der Waals surface area contributed by atoms with Gasteiger partial charge in [-0.05, 0) is 52.7 Å². The maximum atomic E-state index is 12.7. The zero-order valence-electron chi connectivity index (χ0n) is 13.2. The first kappa shape index (κ1) is 15.1. The second-order valence-corrected chi connectivity index (χ2v) is 7.66. The maximum absolute atomic E-state index is 12.7. The molecule has 0 spiro atoms. The lowest BCUT2D eigenvalue weighted by Crippen LogP contribution is -2.38. The first-order valence-corrected chi connectivity index (χ1v) is 9.12. The molecule has 0 unspecified atom stereocenters. The largest absolute Gasteiger partial charge is 0.454 e. The normalized spacial score (nSPS) is 32.1. The molecule has 5 aliphatic rings. The van der Waals surface area contributed by atoms with Gasteiger partial charge in [0.1, 0.15) is 0 Å². The molecule has 6 rings (SSSR count). The summed E-state index contributed by atoms with van der Waals surface area (Å²) in [6.07, 6.45) is 7.68. The lowest BCUT2D eigenvalue weighted by Gasteiger charge is -2.37. The fraction of sp³-hybridized carbons (Fsp3) is 0.389. The van der Waals surface area contributed by atoms with Gasteiger partial charge in [-0.15, -0.1) is 0 Å². The Labute approximate surface area is 152 Å². The molecule has 0 N–H and O–H groups in total. The molecule has 1 saturated carbocycles. The molecule has 7 heteroatoms. The number of carbonyl (C=O) groups is 2. The van der Waals surface area contributed by atoms with E-state index in [4.69, 9.17) is 9.47 Å². The molecule has 1 saturated heterocycles. The number of benzene rings is 1. The van der Waals surface area contributed by atoms with Crippen molar-refractivity contribution in [2.75, 3.05) is 6.79 Å². The Morgan fingerprint density at radius 1 is 1.04 bits per heavy atom. The number of ether oxygens (including phenoxy) is 2. The van der Waals surface area contributed by atoms with Crippen LogP contribution in [0.3, 0.4) is 0 Å². The van der Waals surface area contributed by atoms with Gasteiger partial charge >= 0.3 is 0 Å². The fourth-order valence-corrected chi connectivity index (χ4v) is 4.75. The Bertz CT molecular complexity index is 818. The van der Waals surface area contributed by atoms with Gasteiger partial charge in [0, 0.05) is 10.0 Å². The summed E-state index contributed by atoms with van der Waals surface area (Å²) in [5.41, 5.74) is 0.723. The SMILES string of the molecule is O=C1[C@H]2[C@H](C(=O)N1/N=C\c1cc3c(cc1Br)OCO3)[C@@H]1C=C[C@@H]2CC1. The van der Waals surface area contributed by atoms with Crippen LogP contribution in [0.5, 0.6) is 11.5 Å². The third-order valence-corrected chi connectivity index (χ3v) is 6.23. The van der Waals surface area contributed by atoms with E-state index in [1.165, 1.54) is 6.21 Å². The minimum absolute atomic E-state index is 0.170. The summed E-state index contributed by atoms with van der Waals surface area (Å²) in [4.78, 5) is 25.5. The molecule has 1 aromatic rings. The molecule has 25 heavy (non-hydrogen) atoms. The molecular weight excluding hydrogens is 388 g/mol. The van der Waals surface area contributed by atoms with Gasteiger partial charge in [0.2, 0.25) is 6.79 Å². The smallest absolute Gasteiger partial charge is 0.254 e. The van der Waals surface area contributed by atoms with Crippen LogP contribution in [0.2, 0.25) is 0 Å². The van der Waals surface area contributed by atoms with Crippen molar-refractivity contribution < 1.29 is 19.1 Å². The molecule has 1 aromatic carbocycles. The minimum Gasteiger partial charge on any atom is -0.454 e. The molecular formula is C18H15BrN2O4. The van der Waals surface area contributed by atoms with Gasteiger partial charge in [-0.1, -0.05) is 12.2 Å². The Kier molecular flexibility index (Phi) is 3.28. The van der Waals surface area contributed by atoms with E-state index in [1.54, 1.807) is 12.1 Å². The van der Waals surface area contributed by atoms with Gasteiger partial charge in [0.25, 0.3) is 11.8 Å². The van der Waals surface area contributed by atoms with Crippen LogP contribution in [0.4, 0.5) is 0 Å². The molecule has 128 valence electrons. The molecule has 2 bridgehead atoms. The Morgan fingerprint density at radius 3 is 2.24 bits per heavy atom. The number of hydrazone groups is 1. The van der Waals surface area contributed by atoms with Gasteiger partial charge in [-0.2, -0.15) is 10.1 Å². The number of halogens is 1. The molecule has 2 heterocycles. The van der Waals surface area contributed by atoms with Crippen molar-refractivity contribution in [3.05, 3.63) is 34.3 Å². The van der Waals surface area contributed by atoms with E-state index in [-0.39, 0.29) is 42.3 Å². The number of hydrogen-bond donors (Lipinski definition) is 0. The van der Waals surface area contributed by atoms with Crippen LogP contribution < -0.4 is 9.47 Å². The fourth-order valence-electron chi connectivity index (χ4n) is 4.32. The summed E-state index contributed by atoms with van der Waals surface area (Å²) in [6.45, 7) is 0.185. The predicted molar refractivity (Wildman–Crippen MR) is 92.0 cm³/mol. The third-order valence-electron chi connectivity index (χ3n) is 5.54. The summed E-state index contributed by atoms with van der Waals surface area (Å²) in [5, 5.41) is 5.28. The van der Waals surface area contributed by atoms with E-state index in [2.05, 4.69) is 33.2 Å². The Morgan fingerprint density at radius 2 is 1.64 bits per heavy atom. The minimum atomic E-state index is -0.242. The summed E-state index contributed by atoms with van der Waals surface area (Å²) >= 11 is 3.45. The Hall–Kier alpha value is -2.15. The molecule has 2 aliphatic heterocycles. The van der Waals surface area contributed by atoms with E-state index in [1.807, 2.05) is 0 Å². The van der Waals surface area contributed by atoms with Crippen molar-refractivity contribution >= 4 is 34.0 Å². The van der Waals surface area contributed by atoms with Crippen LogP contribution in [0.1, 0.15) is 18.4 Å². The van der Waals surface area contributed by atoms with Crippen LogP contribution >= 0.6 is 15.9 Å². The van der Waals surface area contributed by atoms with Crippen molar-refractivity contribution in [1.29, 1.82) is 0 Å².